The molecule has 5 heteroatoms. The molecule has 1 rings (SSSR count). The summed E-state index contributed by atoms with van der Waals surface area (Å²) in [7, 11) is 0. The summed E-state index contributed by atoms with van der Waals surface area (Å²) in [6.45, 7) is 5.10. The van der Waals surface area contributed by atoms with E-state index in [1.807, 2.05) is 13.8 Å². The first-order valence-corrected chi connectivity index (χ1v) is 6.00. The highest BCUT2D eigenvalue weighted by molar-refractivity contribution is 5.21. The van der Waals surface area contributed by atoms with E-state index >= 15 is 0 Å². The number of ether oxygens (including phenoxy) is 1. The van der Waals surface area contributed by atoms with Gasteiger partial charge in [0, 0.05) is 25.3 Å². The van der Waals surface area contributed by atoms with Crippen LogP contribution in [0, 0.1) is 11.6 Å². The number of aliphatic hydroxyl groups excluding tert-OH is 1. The highest BCUT2D eigenvalue weighted by atomic mass is 19.1. The van der Waals surface area contributed by atoms with Crippen LogP contribution in [0.3, 0.4) is 0 Å². The van der Waals surface area contributed by atoms with Gasteiger partial charge in [0.1, 0.15) is 11.6 Å². The Hall–Kier alpha value is -1.04. The summed E-state index contributed by atoms with van der Waals surface area (Å²) in [6.07, 6.45) is -1.06. The largest absolute Gasteiger partial charge is 0.387 e. The minimum atomic E-state index is -1.07. The van der Waals surface area contributed by atoms with Crippen LogP contribution in [0.15, 0.2) is 18.2 Å². The number of hydrogen-bond donors (Lipinski definition) is 2. The molecule has 0 amide bonds. The molecule has 1 aromatic rings. The Morgan fingerprint density at radius 3 is 2.72 bits per heavy atom. The Morgan fingerprint density at radius 1 is 1.33 bits per heavy atom. The third kappa shape index (κ3) is 4.68. The van der Waals surface area contributed by atoms with Crippen molar-refractivity contribution in [1.82, 2.24) is 5.32 Å². The van der Waals surface area contributed by atoms with Crippen LogP contribution in [0.1, 0.15) is 25.5 Å². The first kappa shape index (κ1) is 15.0. The van der Waals surface area contributed by atoms with Crippen molar-refractivity contribution in [1.29, 1.82) is 0 Å². The maximum atomic E-state index is 13.3. The van der Waals surface area contributed by atoms with Crippen molar-refractivity contribution in [2.45, 2.75) is 26.1 Å². The lowest BCUT2D eigenvalue weighted by Crippen LogP contribution is -2.30. The molecule has 0 fully saturated rings. The second kappa shape index (κ2) is 7.41. The first-order chi connectivity index (χ1) is 8.54. The van der Waals surface area contributed by atoms with E-state index in [-0.39, 0.29) is 18.2 Å². The standard InChI is InChI=1S/C13H19F2NO2/c1-3-18-9(2)7-16-8-13(17)11-6-10(14)4-5-12(11)15/h4-6,9,13,16-17H,3,7-8H2,1-2H3. The van der Waals surface area contributed by atoms with E-state index in [9.17, 15) is 13.9 Å². The lowest BCUT2D eigenvalue weighted by molar-refractivity contribution is 0.0721. The van der Waals surface area contributed by atoms with Crippen LogP contribution in [-0.4, -0.2) is 30.9 Å². The van der Waals surface area contributed by atoms with Gasteiger partial charge in [-0.3, -0.25) is 0 Å². The van der Waals surface area contributed by atoms with Gasteiger partial charge in [-0.1, -0.05) is 0 Å². The van der Waals surface area contributed by atoms with Gasteiger partial charge < -0.3 is 15.2 Å². The van der Waals surface area contributed by atoms with Gasteiger partial charge in [-0.25, -0.2) is 8.78 Å². The molecule has 0 aromatic heterocycles. The van der Waals surface area contributed by atoms with E-state index in [0.717, 1.165) is 18.2 Å². The first-order valence-electron chi connectivity index (χ1n) is 6.00. The van der Waals surface area contributed by atoms with Crippen molar-refractivity contribution in [3.05, 3.63) is 35.4 Å². The summed E-state index contributed by atoms with van der Waals surface area (Å²) < 4.78 is 31.6. The highest BCUT2D eigenvalue weighted by Crippen LogP contribution is 2.17. The van der Waals surface area contributed by atoms with Crippen molar-refractivity contribution in [3.8, 4) is 0 Å². The molecular formula is C13H19F2NO2. The topological polar surface area (TPSA) is 41.5 Å². The second-order valence-electron chi connectivity index (χ2n) is 4.11. The van der Waals surface area contributed by atoms with Crippen molar-refractivity contribution >= 4 is 0 Å². The number of halogens is 2. The summed E-state index contributed by atoms with van der Waals surface area (Å²) in [5.41, 5.74) is -0.0356. The molecule has 1 aromatic carbocycles. The van der Waals surface area contributed by atoms with E-state index in [4.69, 9.17) is 4.74 Å². The molecule has 18 heavy (non-hydrogen) atoms. The van der Waals surface area contributed by atoms with Crippen LogP contribution in [0.2, 0.25) is 0 Å². The zero-order chi connectivity index (χ0) is 13.5. The van der Waals surface area contributed by atoms with Crippen LogP contribution in [0.25, 0.3) is 0 Å². The number of aliphatic hydroxyl groups is 1. The summed E-state index contributed by atoms with van der Waals surface area (Å²) in [5, 5.41) is 12.7. The summed E-state index contributed by atoms with van der Waals surface area (Å²) in [6, 6.07) is 3.04. The quantitative estimate of drug-likeness (QED) is 0.787. The normalized spacial score (nSPS) is 14.5. The Balaban J connectivity index is 2.45. The van der Waals surface area contributed by atoms with E-state index in [0.29, 0.717) is 13.2 Å². The van der Waals surface area contributed by atoms with Crippen molar-refractivity contribution in [2.75, 3.05) is 19.7 Å². The fourth-order valence-corrected chi connectivity index (χ4v) is 1.65. The van der Waals surface area contributed by atoms with E-state index in [1.54, 1.807) is 0 Å². The zero-order valence-electron chi connectivity index (χ0n) is 10.6. The predicted molar refractivity (Wildman–Crippen MR) is 65.3 cm³/mol. The van der Waals surface area contributed by atoms with E-state index in [2.05, 4.69) is 5.32 Å². The second-order valence-corrected chi connectivity index (χ2v) is 4.11. The average Bonchev–Trinajstić information content (AvgIpc) is 2.32. The predicted octanol–water partition coefficient (Wildman–Crippen LogP) is 2.01. The number of hydrogen-bond acceptors (Lipinski definition) is 3. The van der Waals surface area contributed by atoms with Crippen LogP contribution in [0.4, 0.5) is 8.78 Å². The fraction of sp³-hybridized carbons (Fsp3) is 0.538. The molecule has 2 unspecified atom stereocenters. The molecule has 0 saturated heterocycles. The molecular weight excluding hydrogens is 240 g/mol. The Labute approximate surface area is 106 Å². The zero-order valence-corrected chi connectivity index (χ0v) is 10.6. The van der Waals surface area contributed by atoms with Crippen LogP contribution in [0.5, 0.6) is 0 Å². The Kier molecular flexibility index (Phi) is 6.18. The van der Waals surface area contributed by atoms with Gasteiger partial charge in [0.25, 0.3) is 0 Å². The molecule has 2 atom stereocenters. The molecule has 0 radical (unpaired) electrons. The van der Waals surface area contributed by atoms with Crippen LogP contribution < -0.4 is 5.32 Å². The Bertz CT molecular complexity index is 374. The number of benzene rings is 1. The SMILES string of the molecule is CCOC(C)CNCC(O)c1cc(F)ccc1F. The molecule has 102 valence electrons. The van der Waals surface area contributed by atoms with Gasteiger partial charge >= 0.3 is 0 Å². The van der Waals surface area contributed by atoms with E-state index in [1.165, 1.54) is 0 Å². The van der Waals surface area contributed by atoms with Crippen LogP contribution in [-0.2, 0) is 4.74 Å². The number of nitrogens with one attached hydrogen (secondary N) is 1. The Morgan fingerprint density at radius 2 is 2.06 bits per heavy atom. The van der Waals surface area contributed by atoms with Crippen molar-refractivity contribution < 1.29 is 18.6 Å². The maximum absolute atomic E-state index is 13.3. The van der Waals surface area contributed by atoms with Gasteiger partial charge in [0.05, 0.1) is 12.2 Å². The number of rotatable bonds is 7. The van der Waals surface area contributed by atoms with Crippen LogP contribution >= 0.6 is 0 Å². The molecule has 3 nitrogen and oxygen atoms in total. The molecule has 0 spiro atoms. The average molecular weight is 259 g/mol. The molecule has 0 saturated carbocycles. The van der Waals surface area contributed by atoms with Crippen molar-refractivity contribution in [2.24, 2.45) is 0 Å². The summed E-state index contributed by atoms with van der Waals surface area (Å²) >= 11 is 0. The molecule has 0 aliphatic rings. The molecule has 2 N–H and O–H groups in total. The smallest absolute Gasteiger partial charge is 0.129 e. The monoisotopic (exact) mass is 259 g/mol. The van der Waals surface area contributed by atoms with Crippen molar-refractivity contribution in [3.63, 3.8) is 0 Å². The lowest BCUT2D eigenvalue weighted by atomic mass is 10.1. The molecule has 0 bridgehead atoms. The fourth-order valence-electron chi connectivity index (χ4n) is 1.65. The van der Waals surface area contributed by atoms with Gasteiger partial charge in [-0.15, -0.1) is 0 Å². The van der Waals surface area contributed by atoms with Gasteiger partial charge in [0.15, 0.2) is 0 Å². The molecule has 0 heterocycles. The summed E-state index contributed by atoms with van der Waals surface area (Å²) in [5.74, 6) is -1.17. The lowest BCUT2D eigenvalue weighted by Gasteiger charge is -2.16. The van der Waals surface area contributed by atoms with Gasteiger partial charge in [-0.2, -0.15) is 0 Å². The third-order valence-electron chi connectivity index (χ3n) is 2.54. The minimum Gasteiger partial charge on any atom is -0.387 e. The maximum Gasteiger partial charge on any atom is 0.129 e. The van der Waals surface area contributed by atoms with E-state index < -0.39 is 17.7 Å². The third-order valence-corrected chi connectivity index (χ3v) is 2.54. The minimum absolute atomic E-state index is 0.0135. The molecule has 0 aliphatic heterocycles. The molecule has 0 aliphatic carbocycles. The highest BCUT2D eigenvalue weighted by Gasteiger charge is 2.13. The van der Waals surface area contributed by atoms with Gasteiger partial charge in [-0.05, 0) is 32.0 Å². The summed E-state index contributed by atoms with van der Waals surface area (Å²) in [4.78, 5) is 0. The van der Waals surface area contributed by atoms with Gasteiger partial charge in [0.2, 0.25) is 0 Å².